The molecule has 1 N–H and O–H groups in total. The maximum atomic E-state index is 14.3. The second-order valence-electron chi connectivity index (χ2n) is 7.20. The zero-order valence-corrected chi connectivity index (χ0v) is 15.6. The van der Waals surface area contributed by atoms with Gasteiger partial charge in [-0.05, 0) is 50.8 Å². The van der Waals surface area contributed by atoms with Crippen molar-refractivity contribution in [3.8, 4) is 11.3 Å². The molecule has 0 saturated heterocycles. The highest BCUT2D eigenvalue weighted by molar-refractivity contribution is 6.00. The monoisotopic (exact) mass is 407 g/mol. The number of carbonyl (C=O) groups is 1. The molecule has 1 saturated carbocycles. The Morgan fingerprint density at radius 1 is 1.24 bits per heavy atom. The summed E-state index contributed by atoms with van der Waals surface area (Å²) in [5.74, 6) is -2.25. The summed E-state index contributed by atoms with van der Waals surface area (Å²) < 4.78 is 55.4. The number of nitrogens with one attached hydrogen (secondary N) is 1. The molecule has 0 radical (unpaired) electrons. The van der Waals surface area contributed by atoms with Crippen molar-refractivity contribution in [3.63, 3.8) is 0 Å². The molecule has 6 nitrogen and oxygen atoms in total. The number of nitrogens with zero attached hydrogens (tertiary/aromatic N) is 4. The van der Waals surface area contributed by atoms with Crippen LogP contribution in [0.15, 0.2) is 24.4 Å². The third kappa shape index (κ3) is 3.66. The molecule has 1 atom stereocenters. The highest BCUT2D eigenvalue weighted by Gasteiger charge is 2.49. The molecule has 10 heteroatoms. The Hall–Kier alpha value is -3.04. The van der Waals surface area contributed by atoms with Crippen molar-refractivity contribution in [3.05, 3.63) is 47.3 Å². The van der Waals surface area contributed by atoms with Crippen LogP contribution in [-0.2, 0) is 0 Å². The number of carbonyl (C=O) groups excluding carboxylic acids is 1. The van der Waals surface area contributed by atoms with Gasteiger partial charge in [0, 0.05) is 11.4 Å². The first-order chi connectivity index (χ1) is 13.6. The van der Waals surface area contributed by atoms with Gasteiger partial charge in [-0.3, -0.25) is 4.79 Å². The lowest BCUT2D eigenvalue weighted by Gasteiger charge is -2.20. The van der Waals surface area contributed by atoms with Gasteiger partial charge in [0.05, 0.1) is 17.5 Å². The summed E-state index contributed by atoms with van der Waals surface area (Å²) in [7, 11) is 0. The van der Waals surface area contributed by atoms with E-state index >= 15 is 0 Å². The minimum atomic E-state index is -4.54. The molecule has 0 aromatic carbocycles. The topological polar surface area (TPSA) is 72.2 Å². The number of hydrogen-bond acceptors (Lipinski definition) is 4. The van der Waals surface area contributed by atoms with Crippen molar-refractivity contribution in [1.29, 1.82) is 0 Å². The van der Waals surface area contributed by atoms with E-state index in [1.807, 2.05) is 0 Å². The van der Waals surface area contributed by atoms with Crippen molar-refractivity contribution < 1.29 is 22.4 Å². The van der Waals surface area contributed by atoms with Gasteiger partial charge in [0.15, 0.2) is 5.65 Å². The van der Waals surface area contributed by atoms with Gasteiger partial charge in [-0.15, -0.1) is 0 Å². The predicted molar refractivity (Wildman–Crippen MR) is 95.7 cm³/mol. The average Bonchev–Trinajstić information content (AvgIpc) is 3.36. The van der Waals surface area contributed by atoms with Gasteiger partial charge in [-0.25, -0.2) is 14.5 Å². The van der Waals surface area contributed by atoms with Gasteiger partial charge in [0.1, 0.15) is 11.6 Å². The number of amides is 1. The van der Waals surface area contributed by atoms with Gasteiger partial charge in [-0.1, -0.05) is 0 Å². The summed E-state index contributed by atoms with van der Waals surface area (Å²) in [5, 5.41) is 6.11. The highest BCUT2D eigenvalue weighted by atomic mass is 19.4. The van der Waals surface area contributed by atoms with Gasteiger partial charge in [0.25, 0.3) is 5.91 Å². The fourth-order valence-corrected chi connectivity index (χ4v) is 3.24. The summed E-state index contributed by atoms with van der Waals surface area (Å²) in [4.78, 5) is 20.6. The predicted octanol–water partition coefficient (Wildman–Crippen LogP) is 3.62. The Morgan fingerprint density at radius 2 is 1.97 bits per heavy atom. The third-order valence-corrected chi connectivity index (χ3v) is 4.89. The molecule has 0 spiro atoms. The average molecular weight is 407 g/mol. The van der Waals surface area contributed by atoms with E-state index in [-0.39, 0.29) is 22.5 Å². The number of pyridine rings is 1. The lowest BCUT2D eigenvalue weighted by atomic mass is 10.1. The quantitative estimate of drug-likeness (QED) is 0.530. The molecule has 29 heavy (non-hydrogen) atoms. The van der Waals surface area contributed by atoms with Crippen molar-refractivity contribution in [1.82, 2.24) is 24.9 Å². The first-order valence-corrected chi connectivity index (χ1v) is 9.01. The second kappa shape index (κ2) is 6.78. The van der Waals surface area contributed by atoms with Crippen LogP contribution in [0.2, 0.25) is 0 Å². The fourth-order valence-electron chi connectivity index (χ4n) is 3.24. The normalized spacial score (nSPS) is 15.5. The van der Waals surface area contributed by atoms with Crippen LogP contribution in [0, 0.1) is 25.7 Å². The zero-order valence-electron chi connectivity index (χ0n) is 15.6. The van der Waals surface area contributed by atoms with Crippen LogP contribution in [-0.4, -0.2) is 37.7 Å². The molecular formula is C19H17F4N5O. The van der Waals surface area contributed by atoms with E-state index in [0.29, 0.717) is 24.2 Å². The van der Waals surface area contributed by atoms with E-state index in [4.69, 9.17) is 0 Å². The van der Waals surface area contributed by atoms with Crippen molar-refractivity contribution >= 4 is 11.6 Å². The highest BCUT2D eigenvalue weighted by Crippen LogP contribution is 2.40. The Bertz CT molecular complexity index is 1100. The number of aromatic nitrogens is 4. The van der Waals surface area contributed by atoms with Crippen LogP contribution in [0.25, 0.3) is 16.9 Å². The van der Waals surface area contributed by atoms with E-state index in [1.54, 1.807) is 26.0 Å². The Kier molecular flexibility index (Phi) is 4.51. The van der Waals surface area contributed by atoms with Crippen LogP contribution in [0.5, 0.6) is 0 Å². The van der Waals surface area contributed by atoms with Crippen molar-refractivity contribution in [2.24, 2.45) is 5.92 Å². The second-order valence-corrected chi connectivity index (χ2v) is 7.20. The van der Waals surface area contributed by atoms with Gasteiger partial charge < -0.3 is 5.32 Å². The number of aryl methyl sites for hydroxylation is 2. The number of hydrogen-bond donors (Lipinski definition) is 1. The smallest absolute Gasteiger partial charge is 0.340 e. The maximum absolute atomic E-state index is 14.3. The molecule has 0 bridgehead atoms. The summed E-state index contributed by atoms with van der Waals surface area (Å²) in [6.07, 6.45) is -2.54. The van der Waals surface area contributed by atoms with Crippen LogP contribution in [0.1, 0.15) is 34.6 Å². The fraction of sp³-hybridized carbons (Fsp3) is 0.368. The Labute approximate surface area is 163 Å². The molecule has 3 heterocycles. The zero-order chi connectivity index (χ0) is 20.9. The summed E-state index contributed by atoms with van der Waals surface area (Å²) in [5.41, 5.74) is 1.31. The van der Waals surface area contributed by atoms with Crippen LogP contribution in [0.4, 0.5) is 17.6 Å². The molecule has 1 amide bonds. The largest absolute Gasteiger partial charge is 0.408 e. The minimum absolute atomic E-state index is 0.0502. The molecule has 3 aromatic heterocycles. The lowest BCUT2D eigenvalue weighted by molar-refractivity contribution is -0.158. The number of halogens is 4. The molecule has 0 aliphatic heterocycles. The van der Waals surface area contributed by atoms with Crippen molar-refractivity contribution in [2.45, 2.75) is 38.9 Å². The van der Waals surface area contributed by atoms with E-state index < -0.39 is 30.0 Å². The van der Waals surface area contributed by atoms with E-state index in [2.05, 4.69) is 20.4 Å². The molecule has 1 aliphatic rings. The van der Waals surface area contributed by atoms with Gasteiger partial charge in [0.2, 0.25) is 5.95 Å². The number of alkyl halides is 3. The summed E-state index contributed by atoms with van der Waals surface area (Å²) >= 11 is 0. The Balaban J connectivity index is 1.74. The maximum Gasteiger partial charge on any atom is 0.408 e. The van der Waals surface area contributed by atoms with E-state index in [9.17, 15) is 22.4 Å². The summed E-state index contributed by atoms with van der Waals surface area (Å²) in [6, 6.07) is 2.79. The molecule has 1 fully saturated rings. The molecule has 152 valence electrons. The van der Waals surface area contributed by atoms with Gasteiger partial charge in [-0.2, -0.15) is 22.7 Å². The Morgan fingerprint density at radius 3 is 2.59 bits per heavy atom. The van der Waals surface area contributed by atoms with Crippen molar-refractivity contribution in [2.75, 3.05) is 0 Å². The number of rotatable bonds is 4. The number of fused-ring (bicyclic) bond motifs is 1. The first kappa shape index (κ1) is 19.3. The molecule has 3 aromatic rings. The van der Waals surface area contributed by atoms with Gasteiger partial charge >= 0.3 is 6.18 Å². The van der Waals surface area contributed by atoms with Crippen LogP contribution in [0.3, 0.4) is 0 Å². The standard InChI is InChI=1S/C19H17F4N5O/c1-9-3-6-12(16(20)25-9)14-7-10(2)28-17(26-14)13(8-24-28)18(29)27-15(11-4-5-11)19(21,22)23/h3,6-8,11,15H,4-5H2,1-2H3,(H,27,29)/t15-/m1/s1. The SMILES string of the molecule is Cc1ccc(-c2cc(C)n3ncc(C(=O)N[C@H](C4CC4)C(F)(F)F)c3n2)c(F)n1. The molecular weight excluding hydrogens is 390 g/mol. The molecule has 4 rings (SSSR count). The lowest BCUT2D eigenvalue weighted by Crippen LogP contribution is -2.46. The third-order valence-electron chi connectivity index (χ3n) is 4.89. The molecule has 0 unspecified atom stereocenters. The van der Waals surface area contributed by atoms with E-state index in [1.165, 1.54) is 16.8 Å². The van der Waals surface area contributed by atoms with E-state index in [0.717, 1.165) is 0 Å². The van der Waals surface area contributed by atoms with Crippen LogP contribution >= 0.6 is 0 Å². The minimum Gasteiger partial charge on any atom is -0.340 e. The first-order valence-electron chi connectivity index (χ1n) is 9.01. The summed E-state index contributed by atoms with van der Waals surface area (Å²) in [6.45, 7) is 3.32. The molecule has 1 aliphatic carbocycles. The van der Waals surface area contributed by atoms with Crippen LogP contribution < -0.4 is 5.32 Å².